The van der Waals surface area contributed by atoms with Gasteiger partial charge in [-0.1, -0.05) is 49.2 Å². The minimum atomic E-state index is -0.113. The van der Waals surface area contributed by atoms with Crippen molar-refractivity contribution in [1.29, 1.82) is 0 Å². The number of nitrogens with zero attached hydrogens (tertiary/aromatic N) is 1. The summed E-state index contributed by atoms with van der Waals surface area (Å²) in [4.78, 5) is 15.3. The number of aliphatic hydroxyl groups is 1. The number of carbonyl (C=O) groups is 1. The van der Waals surface area contributed by atoms with Crippen LogP contribution in [-0.4, -0.2) is 34.6 Å². The van der Waals surface area contributed by atoms with Gasteiger partial charge in [0.1, 0.15) is 5.75 Å². The van der Waals surface area contributed by atoms with Gasteiger partial charge in [0, 0.05) is 23.6 Å². The molecule has 1 fully saturated rings. The Kier molecular flexibility index (Phi) is 8.89. The fraction of sp³-hybridized carbons (Fsp3) is 0.536. The molecule has 2 aromatic rings. The average Bonchev–Trinajstić information content (AvgIpc) is 3.32. The largest absolute Gasteiger partial charge is 0.426 e. The van der Waals surface area contributed by atoms with Crippen LogP contribution < -0.4 is 4.74 Å². The molecule has 174 valence electrons. The van der Waals surface area contributed by atoms with Crippen LogP contribution in [0.5, 0.6) is 5.75 Å². The van der Waals surface area contributed by atoms with Gasteiger partial charge in [-0.2, -0.15) is 0 Å². The lowest BCUT2D eigenvalue weighted by molar-refractivity contribution is -0.138. The first kappa shape index (κ1) is 24.5. The zero-order chi connectivity index (χ0) is 23.1. The minimum absolute atomic E-state index is 0.00733. The number of rotatable bonds is 10. The van der Waals surface area contributed by atoms with E-state index in [1.165, 1.54) is 5.56 Å². The monoisotopic (exact) mass is 437 g/mol. The first-order valence-electron chi connectivity index (χ1n) is 12.2. The molecule has 0 aliphatic heterocycles. The normalized spacial score (nSPS) is 15.6. The van der Waals surface area contributed by atoms with Gasteiger partial charge in [-0.15, -0.1) is 0 Å². The molecule has 0 unspecified atom stereocenters. The van der Waals surface area contributed by atoms with Crippen molar-refractivity contribution in [3.8, 4) is 5.75 Å². The van der Waals surface area contributed by atoms with Crippen LogP contribution in [0.2, 0.25) is 0 Å². The predicted octanol–water partition coefficient (Wildman–Crippen LogP) is 5.92. The molecule has 0 saturated heterocycles. The SMILES string of the molecule is CC(C)N(CC[C@H](c1ccccc1)c1cc(CO)ccc1OC(=O)C1CCCC1)C(C)C. The van der Waals surface area contributed by atoms with E-state index >= 15 is 0 Å². The van der Waals surface area contributed by atoms with Crippen LogP contribution in [0.1, 0.15) is 82.4 Å². The van der Waals surface area contributed by atoms with E-state index in [2.05, 4.69) is 56.9 Å². The fourth-order valence-electron chi connectivity index (χ4n) is 4.99. The van der Waals surface area contributed by atoms with Gasteiger partial charge < -0.3 is 9.84 Å². The maximum atomic E-state index is 12.8. The first-order chi connectivity index (χ1) is 15.4. The van der Waals surface area contributed by atoms with Crippen LogP contribution in [-0.2, 0) is 11.4 Å². The molecule has 0 heterocycles. The van der Waals surface area contributed by atoms with Gasteiger partial charge in [0.2, 0.25) is 0 Å². The molecule has 1 aliphatic rings. The van der Waals surface area contributed by atoms with E-state index in [-0.39, 0.29) is 24.4 Å². The third-order valence-electron chi connectivity index (χ3n) is 6.74. The Hall–Kier alpha value is -2.17. The molecule has 0 radical (unpaired) electrons. The molecule has 1 aliphatic carbocycles. The standard InChI is InChI=1S/C28H39NO3/c1-20(2)29(21(3)4)17-16-25(23-10-6-5-7-11-23)26-18-22(19-30)14-15-27(26)32-28(31)24-12-8-9-13-24/h5-7,10-11,14-15,18,20-21,24-25,30H,8-9,12-13,16-17,19H2,1-4H3/t25-/m1/s1. The molecule has 2 aromatic carbocycles. The Morgan fingerprint density at radius 3 is 2.28 bits per heavy atom. The highest BCUT2D eigenvalue weighted by atomic mass is 16.5. The van der Waals surface area contributed by atoms with E-state index in [1.54, 1.807) is 0 Å². The number of aliphatic hydroxyl groups excluding tert-OH is 1. The second-order valence-corrected chi connectivity index (χ2v) is 9.61. The van der Waals surface area contributed by atoms with Crippen molar-refractivity contribution in [3.63, 3.8) is 0 Å². The molecule has 1 N–H and O–H groups in total. The average molecular weight is 438 g/mol. The van der Waals surface area contributed by atoms with E-state index in [4.69, 9.17) is 4.74 Å². The molecule has 0 bridgehead atoms. The summed E-state index contributed by atoms with van der Waals surface area (Å²) in [6.07, 6.45) is 4.95. The maximum absolute atomic E-state index is 12.8. The Labute approximate surface area is 193 Å². The predicted molar refractivity (Wildman–Crippen MR) is 130 cm³/mol. The highest BCUT2D eigenvalue weighted by molar-refractivity contribution is 5.76. The van der Waals surface area contributed by atoms with Crippen LogP contribution in [0, 0.1) is 5.92 Å². The number of ether oxygens (including phenoxy) is 1. The lowest BCUT2D eigenvalue weighted by Gasteiger charge is -2.32. The Balaban J connectivity index is 1.95. The van der Waals surface area contributed by atoms with Gasteiger partial charge in [0.15, 0.2) is 0 Å². The highest BCUT2D eigenvalue weighted by Crippen LogP contribution is 2.37. The molecule has 0 amide bonds. The second-order valence-electron chi connectivity index (χ2n) is 9.61. The Morgan fingerprint density at radius 1 is 1.03 bits per heavy atom. The van der Waals surface area contributed by atoms with Crippen molar-refractivity contribution in [3.05, 3.63) is 65.2 Å². The quantitative estimate of drug-likeness (QED) is 0.370. The summed E-state index contributed by atoms with van der Waals surface area (Å²) in [5, 5.41) is 9.81. The first-order valence-corrected chi connectivity index (χ1v) is 12.2. The molecule has 4 heteroatoms. The topological polar surface area (TPSA) is 49.8 Å². The van der Waals surface area contributed by atoms with E-state index in [0.717, 1.165) is 49.8 Å². The van der Waals surface area contributed by atoms with Crippen molar-refractivity contribution < 1.29 is 14.6 Å². The molecule has 1 atom stereocenters. The lowest BCUT2D eigenvalue weighted by Crippen LogP contribution is -2.38. The van der Waals surface area contributed by atoms with Gasteiger partial charge >= 0.3 is 5.97 Å². The van der Waals surface area contributed by atoms with Crippen molar-refractivity contribution in [2.45, 2.75) is 84.4 Å². The van der Waals surface area contributed by atoms with Crippen molar-refractivity contribution in [2.24, 2.45) is 5.92 Å². The lowest BCUT2D eigenvalue weighted by atomic mass is 9.86. The summed E-state index contributed by atoms with van der Waals surface area (Å²) >= 11 is 0. The van der Waals surface area contributed by atoms with Crippen LogP contribution >= 0.6 is 0 Å². The van der Waals surface area contributed by atoms with E-state index in [0.29, 0.717) is 17.8 Å². The van der Waals surface area contributed by atoms with E-state index in [9.17, 15) is 9.90 Å². The number of esters is 1. The molecular weight excluding hydrogens is 398 g/mol. The maximum Gasteiger partial charge on any atom is 0.314 e. The van der Waals surface area contributed by atoms with Crippen molar-refractivity contribution >= 4 is 5.97 Å². The smallest absolute Gasteiger partial charge is 0.314 e. The molecule has 3 rings (SSSR count). The molecule has 32 heavy (non-hydrogen) atoms. The summed E-state index contributed by atoms with van der Waals surface area (Å²) < 4.78 is 6.00. The van der Waals surface area contributed by atoms with Crippen LogP contribution in [0.25, 0.3) is 0 Å². The van der Waals surface area contributed by atoms with E-state index in [1.807, 2.05) is 24.3 Å². The third-order valence-corrected chi connectivity index (χ3v) is 6.74. The molecular formula is C28H39NO3. The van der Waals surface area contributed by atoms with Crippen molar-refractivity contribution in [1.82, 2.24) is 4.90 Å². The summed E-state index contributed by atoms with van der Waals surface area (Å²) in [5.41, 5.74) is 3.03. The summed E-state index contributed by atoms with van der Waals surface area (Å²) in [6, 6.07) is 17.1. The number of carbonyl (C=O) groups excluding carboxylic acids is 1. The summed E-state index contributed by atoms with van der Waals surface area (Å²) in [7, 11) is 0. The van der Waals surface area contributed by atoms with E-state index < -0.39 is 0 Å². The van der Waals surface area contributed by atoms with Gasteiger partial charge in [-0.3, -0.25) is 9.69 Å². The third kappa shape index (κ3) is 6.20. The number of benzene rings is 2. The summed E-state index contributed by atoms with van der Waals surface area (Å²) in [6.45, 7) is 9.85. The highest BCUT2D eigenvalue weighted by Gasteiger charge is 2.27. The molecule has 1 saturated carbocycles. The zero-order valence-electron chi connectivity index (χ0n) is 20.1. The molecule has 0 spiro atoms. The van der Waals surface area contributed by atoms with Crippen molar-refractivity contribution in [2.75, 3.05) is 6.54 Å². The minimum Gasteiger partial charge on any atom is -0.426 e. The Morgan fingerprint density at radius 2 is 1.69 bits per heavy atom. The van der Waals surface area contributed by atoms with Gasteiger partial charge in [-0.25, -0.2) is 0 Å². The fourth-order valence-corrected chi connectivity index (χ4v) is 4.99. The van der Waals surface area contributed by atoms with Gasteiger partial charge in [-0.05, 0) is 76.8 Å². The van der Waals surface area contributed by atoms with Crippen LogP contribution in [0.15, 0.2) is 48.5 Å². The summed E-state index contributed by atoms with van der Waals surface area (Å²) in [5.74, 6) is 0.605. The Bertz CT molecular complexity index is 848. The molecule has 0 aromatic heterocycles. The second kappa shape index (κ2) is 11.6. The van der Waals surface area contributed by atoms with Crippen LogP contribution in [0.4, 0.5) is 0 Å². The zero-order valence-corrected chi connectivity index (χ0v) is 20.1. The van der Waals surface area contributed by atoms with Gasteiger partial charge in [0.05, 0.1) is 12.5 Å². The number of hydrogen-bond acceptors (Lipinski definition) is 4. The molecule has 4 nitrogen and oxygen atoms in total. The van der Waals surface area contributed by atoms with Crippen LogP contribution in [0.3, 0.4) is 0 Å². The van der Waals surface area contributed by atoms with Gasteiger partial charge in [0.25, 0.3) is 0 Å². The number of hydrogen-bond donors (Lipinski definition) is 1.